The SMILES string of the molecule is O=C(CCN=C1NS(=O)(=O)c2ccccc21)OCC(=O)c1ccc[nH]1. The summed E-state index contributed by atoms with van der Waals surface area (Å²) in [5.41, 5.74) is 0.836. The van der Waals surface area contributed by atoms with E-state index in [4.69, 9.17) is 4.74 Å². The van der Waals surface area contributed by atoms with Gasteiger partial charge in [-0.2, -0.15) is 0 Å². The summed E-state index contributed by atoms with van der Waals surface area (Å²) < 4.78 is 31.1. The van der Waals surface area contributed by atoms with Crippen LogP contribution in [-0.2, 0) is 19.6 Å². The molecule has 2 aromatic rings. The number of hydrogen-bond acceptors (Lipinski definition) is 6. The number of nitrogens with one attached hydrogen (secondary N) is 2. The highest BCUT2D eigenvalue weighted by Gasteiger charge is 2.29. The monoisotopic (exact) mass is 361 g/mol. The molecule has 0 radical (unpaired) electrons. The first-order valence-corrected chi connectivity index (χ1v) is 8.94. The van der Waals surface area contributed by atoms with Gasteiger partial charge in [-0.05, 0) is 24.3 Å². The minimum absolute atomic E-state index is 0.0434. The summed E-state index contributed by atoms with van der Waals surface area (Å²) in [6, 6.07) is 9.72. The van der Waals surface area contributed by atoms with Crippen LogP contribution >= 0.6 is 0 Å². The molecule has 0 atom stereocenters. The molecule has 1 aliphatic heterocycles. The van der Waals surface area contributed by atoms with E-state index < -0.39 is 16.0 Å². The Morgan fingerprint density at radius 2 is 1.92 bits per heavy atom. The molecule has 1 aromatic heterocycles. The molecule has 0 spiro atoms. The van der Waals surface area contributed by atoms with Crippen LogP contribution < -0.4 is 4.72 Å². The van der Waals surface area contributed by atoms with E-state index >= 15 is 0 Å². The first-order valence-electron chi connectivity index (χ1n) is 7.46. The lowest BCUT2D eigenvalue weighted by Gasteiger charge is -2.03. The molecule has 0 saturated carbocycles. The minimum atomic E-state index is -3.60. The summed E-state index contributed by atoms with van der Waals surface area (Å²) in [7, 11) is -3.60. The standard InChI is InChI=1S/C16H15N3O5S/c20-13(12-5-3-8-17-12)10-24-15(21)7-9-18-16-11-4-1-2-6-14(11)25(22,23)19-16/h1-6,8,17H,7,9-10H2,(H,18,19). The molecule has 0 aliphatic carbocycles. The van der Waals surface area contributed by atoms with E-state index in [1.54, 1.807) is 36.5 Å². The number of H-pyrrole nitrogens is 1. The van der Waals surface area contributed by atoms with Crippen LogP contribution in [0.25, 0.3) is 0 Å². The molecule has 2 N–H and O–H groups in total. The maximum atomic E-state index is 11.9. The van der Waals surface area contributed by atoms with Gasteiger partial charge in [0.1, 0.15) is 5.84 Å². The van der Waals surface area contributed by atoms with Gasteiger partial charge in [-0.3, -0.25) is 19.3 Å². The summed E-state index contributed by atoms with van der Waals surface area (Å²) in [5, 5.41) is 0. The van der Waals surface area contributed by atoms with Crippen LogP contribution in [-0.4, -0.2) is 44.1 Å². The zero-order chi connectivity index (χ0) is 17.9. The van der Waals surface area contributed by atoms with Crippen LogP contribution in [0.4, 0.5) is 0 Å². The number of ether oxygens (including phenoxy) is 1. The van der Waals surface area contributed by atoms with Gasteiger partial charge >= 0.3 is 5.97 Å². The molecule has 0 saturated heterocycles. The van der Waals surface area contributed by atoms with Gasteiger partial charge in [-0.25, -0.2) is 8.42 Å². The molecule has 8 nitrogen and oxygen atoms in total. The van der Waals surface area contributed by atoms with Gasteiger partial charge in [0.15, 0.2) is 6.61 Å². The van der Waals surface area contributed by atoms with Crippen molar-refractivity contribution in [2.45, 2.75) is 11.3 Å². The van der Waals surface area contributed by atoms with Gasteiger partial charge < -0.3 is 9.72 Å². The van der Waals surface area contributed by atoms with Crippen molar-refractivity contribution in [3.63, 3.8) is 0 Å². The predicted molar refractivity (Wildman–Crippen MR) is 88.9 cm³/mol. The zero-order valence-electron chi connectivity index (χ0n) is 13.1. The Balaban J connectivity index is 1.54. The fraction of sp³-hybridized carbons (Fsp3) is 0.188. The third-order valence-electron chi connectivity index (χ3n) is 3.51. The maximum absolute atomic E-state index is 11.9. The summed E-state index contributed by atoms with van der Waals surface area (Å²) in [4.78, 5) is 30.4. The van der Waals surface area contributed by atoms with Gasteiger partial charge in [-0.15, -0.1) is 0 Å². The first kappa shape index (κ1) is 16.9. The molecule has 0 amide bonds. The van der Waals surface area contributed by atoms with E-state index in [1.807, 2.05) is 0 Å². The second-order valence-corrected chi connectivity index (χ2v) is 6.90. The van der Waals surface area contributed by atoms with Crippen LogP contribution in [0.1, 0.15) is 22.5 Å². The summed E-state index contributed by atoms with van der Waals surface area (Å²) in [5.74, 6) is -0.716. The minimum Gasteiger partial charge on any atom is -0.457 e. The van der Waals surface area contributed by atoms with Crippen molar-refractivity contribution >= 4 is 27.6 Å². The number of amidine groups is 1. The molecule has 1 aliphatic rings. The summed E-state index contributed by atoms with van der Waals surface area (Å²) in [6.45, 7) is -0.312. The van der Waals surface area contributed by atoms with E-state index in [9.17, 15) is 18.0 Å². The quantitative estimate of drug-likeness (QED) is 0.585. The third-order valence-corrected chi connectivity index (χ3v) is 4.91. The molecule has 130 valence electrons. The van der Waals surface area contributed by atoms with Gasteiger partial charge in [0.25, 0.3) is 10.0 Å². The molecule has 0 bridgehead atoms. The second-order valence-electron chi connectivity index (χ2n) is 5.25. The number of rotatable bonds is 6. The third kappa shape index (κ3) is 3.77. The van der Waals surface area contributed by atoms with Crippen molar-refractivity contribution in [2.75, 3.05) is 13.2 Å². The fourth-order valence-electron chi connectivity index (χ4n) is 2.31. The Hall–Kier alpha value is -2.94. The van der Waals surface area contributed by atoms with Gasteiger partial charge in [0.05, 0.1) is 23.6 Å². The number of aromatic amines is 1. The highest BCUT2D eigenvalue weighted by molar-refractivity contribution is 7.90. The number of Topliss-reactive ketones (excluding diaryl/α,β-unsaturated/α-hetero) is 1. The van der Waals surface area contributed by atoms with Crippen LogP contribution in [0, 0.1) is 0 Å². The Bertz CT molecular complexity index is 932. The smallest absolute Gasteiger partial charge is 0.308 e. The first-order chi connectivity index (χ1) is 12.0. The predicted octanol–water partition coefficient (Wildman–Crippen LogP) is 0.869. The molecule has 0 unspecified atom stereocenters. The number of ketones is 1. The Morgan fingerprint density at radius 1 is 1.12 bits per heavy atom. The van der Waals surface area contributed by atoms with Crippen LogP contribution in [0.2, 0.25) is 0 Å². The molecule has 3 rings (SSSR count). The number of carbonyl (C=O) groups excluding carboxylic acids is 2. The lowest BCUT2D eigenvalue weighted by atomic mass is 10.2. The number of benzene rings is 1. The van der Waals surface area contributed by atoms with Crippen molar-refractivity contribution in [3.05, 3.63) is 53.9 Å². The molecule has 2 heterocycles. The molecular weight excluding hydrogens is 346 g/mol. The Kier molecular flexibility index (Phi) is 4.66. The maximum Gasteiger partial charge on any atom is 0.308 e. The lowest BCUT2D eigenvalue weighted by Crippen LogP contribution is -2.22. The van der Waals surface area contributed by atoms with Crippen molar-refractivity contribution in [2.24, 2.45) is 4.99 Å². The van der Waals surface area contributed by atoms with Crippen LogP contribution in [0.15, 0.2) is 52.5 Å². The zero-order valence-corrected chi connectivity index (χ0v) is 13.9. The van der Waals surface area contributed by atoms with E-state index in [0.717, 1.165) is 0 Å². The molecule has 0 fully saturated rings. The topological polar surface area (TPSA) is 118 Å². The molecular formula is C16H15N3O5S. The Morgan fingerprint density at radius 3 is 2.68 bits per heavy atom. The van der Waals surface area contributed by atoms with Gasteiger partial charge in [0.2, 0.25) is 5.78 Å². The summed E-state index contributed by atoms with van der Waals surface area (Å²) >= 11 is 0. The van der Waals surface area contributed by atoms with Crippen molar-refractivity contribution < 1.29 is 22.7 Å². The largest absolute Gasteiger partial charge is 0.457 e. The highest BCUT2D eigenvalue weighted by atomic mass is 32.2. The van der Waals surface area contributed by atoms with E-state index in [2.05, 4.69) is 14.7 Å². The van der Waals surface area contributed by atoms with E-state index in [0.29, 0.717) is 11.3 Å². The molecule has 25 heavy (non-hydrogen) atoms. The number of hydrogen-bond donors (Lipinski definition) is 2. The average Bonchev–Trinajstić information content (AvgIpc) is 3.21. The Labute approximate surface area is 144 Å². The number of fused-ring (bicyclic) bond motifs is 1. The van der Waals surface area contributed by atoms with E-state index in [-0.39, 0.29) is 36.1 Å². The van der Waals surface area contributed by atoms with Gasteiger partial charge in [-0.1, -0.05) is 12.1 Å². The number of sulfonamides is 1. The average molecular weight is 361 g/mol. The number of nitrogens with zero attached hydrogens (tertiary/aromatic N) is 1. The number of esters is 1. The van der Waals surface area contributed by atoms with Crippen molar-refractivity contribution in [3.8, 4) is 0 Å². The summed E-state index contributed by atoms with van der Waals surface area (Å²) in [6.07, 6.45) is 1.54. The highest BCUT2D eigenvalue weighted by Crippen LogP contribution is 2.22. The lowest BCUT2D eigenvalue weighted by molar-refractivity contribution is -0.142. The van der Waals surface area contributed by atoms with Crippen molar-refractivity contribution in [1.82, 2.24) is 9.71 Å². The number of carbonyl (C=O) groups is 2. The second kappa shape index (κ2) is 6.89. The number of aromatic nitrogens is 1. The molecule has 1 aromatic carbocycles. The fourth-order valence-corrected chi connectivity index (χ4v) is 3.56. The number of aliphatic imine (C=N–C) groups is 1. The molecule has 9 heteroatoms. The van der Waals surface area contributed by atoms with Gasteiger partial charge in [0, 0.05) is 11.8 Å². The van der Waals surface area contributed by atoms with Crippen LogP contribution in [0.3, 0.4) is 0 Å². The normalized spacial score (nSPS) is 16.2. The van der Waals surface area contributed by atoms with E-state index in [1.165, 1.54) is 6.07 Å². The van der Waals surface area contributed by atoms with Crippen molar-refractivity contribution in [1.29, 1.82) is 0 Å². The van der Waals surface area contributed by atoms with Crippen LogP contribution in [0.5, 0.6) is 0 Å².